The van der Waals surface area contributed by atoms with Crippen molar-refractivity contribution in [2.24, 2.45) is 4.99 Å². The van der Waals surface area contributed by atoms with Gasteiger partial charge in [0.25, 0.3) is 0 Å². The standard InChI is InChI=1S/C20H22N4S/c1-25-20(22-16-21)24-14-12-23(13-15-24)19(17-8-4-2-5-9-17)18-10-6-3-7-11-18/h2-11,19H,12-15H2,1H3. The molecule has 1 heterocycles. The van der Waals surface area contributed by atoms with Crippen LogP contribution in [0.5, 0.6) is 0 Å². The Morgan fingerprint density at radius 3 is 1.92 bits per heavy atom. The second kappa shape index (κ2) is 8.70. The van der Waals surface area contributed by atoms with Gasteiger partial charge >= 0.3 is 0 Å². The highest BCUT2D eigenvalue weighted by Crippen LogP contribution is 2.29. The number of hydrogen-bond donors (Lipinski definition) is 0. The van der Waals surface area contributed by atoms with Crippen molar-refractivity contribution in [3.63, 3.8) is 0 Å². The molecule has 0 radical (unpaired) electrons. The Morgan fingerprint density at radius 2 is 1.48 bits per heavy atom. The van der Waals surface area contributed by atoms with Gasteiger partial charge in [-0.25, -0.2) is 0 Å². The molecule has 25 heavy (non-hydrogen) atoms. The predicted molar refractivity (Wildman–Crippen MR) is 104 cm³/mol. The number of nitrogens with zero attached hydrogens (tertiary/aromatic N) is 4. The van der Waals surface area contributed by atoms with Crippen LogP contribution in [-0.4, -0.2) is 47.4 Å². The third kappa shape index (κ3) is 4.22. The maximum atomic E-state index is 8.85. The summed E-state index contributed by atoms with van der Waals surface area (Å²) in [7, 11) is 0. The quantitative estimate of drug-likeness (QED) is 0.482. The van der Waals surface area contributed by atoms with Gasteiger partial charge in [0.15, 0.2) is 5.17 Å². The first-order valence-corrected chi connectivity index (χ1v) is 9.65. The van der Waals surface area contributed by atoms with E-state index >= 15 is 0 Å². The van der Waals surface area contributed by atoms with Gasteiger partial charge in [0.2, 0.25) is 6.19 Å². The van der Waals surface area contributed by atoms with Gasteiger partial charge in [0, 0.05) is 26.2 Å². The van der Waals surface area contributed by atoms with E-state index in [1.165, 1.54) is 22.9 Å². The summed E-state index contributed by atoms with van der Waals surface area (Å²) in [5.74, 6) is 0. The zero-order valence-corrected chi connectivity index (χ0v) is 15.2. The highest BCUT2D eigenvalue weighted by atomic mass is 32.2. The monoisotopic (exact) mass is 350 g/mol. The molecule has 0 amide bonds. The molecule has 0 N–H and O–H groups in total. The van der Waals surface area contributed by atoms with Crippen LogP contribution in [0.2, 0.25) is 0 Å². The number of amidine groups is 1. The van der Waals surface area contributed by atoms with Gasteiger partial charge in [-0.2, -0.15) is 5.26 Å². The van der Waals surface area contributed by atoms with E-state index in [0.717, 1.165) is 31.3 Å². The molecule has 0 bridgehead atoms. The summed E-state index contributed by atoms with van der Waals surface area (Å²) >= 11 is 1.54. The average molecular weight is 350 g/mol. The van der Waals surface area contributed by atoms with Crippen molar-refractivity contribution in [2.45, 2.75) is 6.04 Å². The minimum atomic E-state index is 0.259. The zero-order valence-electron chi connectivity index (χ0n) is 14.4. The number of aliphatic imine (C=N–C) groups is 1. The summed E-state index contributed by atoms with van der Waals surface area (Å²) in [4.78, 5) is 8.67. The van der Waals surface area contributed by atoms with Crippen LogP contribution in [0.25, 0.3) is 0 Å². The van der Waals surface area contributed by atoms with E-state index in [2.05, 4.69) is 75.5 Å². The predicted octanol–water partition coefficient (Wildman–Crippen LogP) is 3.59. The van der Waals surface area contributed by atoms with Crippen LogP contribution in [-0.2, 0) is 0 Å². The molecular formula is C20H22N4S. The third-order valence-corrected chi connectivity index (χ3v) is 5.22. The van der Waals surface area contributed by atoms with Crippen molar-refractivity contribution in [3.05, 3.63) is 71.8 Å². The molecule has 0 aromatic heterocycles. The second-order valence-electron chi connectivity index (χ2n) is 5.95. The van der Waals surface area contributed by atoms with Crippen LogP contribution in [0.4, 0.5) is 0 Å². The molecule has 3 rings (SSSR count). The molecule has 0 unspecified atom stereocenters. The van der Waals surface area contributed by atoms with Crippen LogP contribution in [0.3, 0.4) is 0 Å². The first kappa shape index (κ1) is 17.5. The molecule has 128 valence electrons. The molecular weight excluding hydrogens is 328 g/mol. The van der Waals surface area contributed by atoms with Crippen LogP contribution in [0.1, 0.15) is 17.2 Å². The number of piperazine rings is 1. The summed E-state index contributed by atoms with van der Waals surface area (Å²) in [5, 5.41) is 9.67. The molecule has 1 saturated heterocycles. The fraction of sp³-hybridized carbons (Fsp3) is 0.300. The lowest BCUT2D eigenvalue weighted by molar-refractivity contribution is 0.152. The van der Waals surface area contributed by atoms with E-state index in [4.69, 9.17) is 5.26 Å². The van der Waals surface area contributed by atoms with Crippen LogP contribution in [0.15, 0.2) is 65.7 Å². The smallest absolute Gasteiger partial charge is 0.208 e. The molecule has 5 heteroatoms. The fourth-order valence-electron chi connectivity index (χ4n) is 3.34. The molecule has 0 atom stereocenters. The number of rotatable bonds is 3. The van der Waals surface area contributed by atoms with Gasteiger partial charge in [0.1, 0.15) is 0 Å². The van der Waals surface area contributed by atoms with Gasteiger partial charge in [-0.1, -0.05) is 72.4 Å². The van der Waals surface area contributed by atoms with Crippen molar-refractivity contribution in [2.75, 3.05) is 32.4 Å². The van der Waals surface area contributed by atoms with Crippen molar-refractivity contribution in [3.8, 4) is 6.19 Å². The first-order chi connectivity index (χ1) is 12.3. The SMILES string of the molecule is CSC(=NC#N)N1CCN(C(c2ccccc2)c2ccccc2)CC1. The molecule has 1 fully saturated rings. The first-order valence-electron chi connectivity index (χ1n) is 8.43. The maximum Gasteiger partial charge on any atom is 0.208 e. The number of thioether (sulfide) groups is 1. The lowest BCUT2D eigenvalue weighted by Gasteiger charge is -2.40. The Kier molecular flexibility index (Phi) is 6.10. The van der Waals surface area contributed by atoms with Crippen molar-refractivity contribution >= 4 is 16.9 Å². The Hall–Kier alpha value is -2.29. The normalized spacial score (nSPS) is 16.0. The van der Waals surface area contributed by atoms with Crippen LogP contribution in [0, 0.1) is 11.5 Å². The topological polar surface area (TPSA) is 42.6 Å². The van der Waals surface area contributed by atoms with E-state index in [1.54, 1.807) is 0 Å². The highest BCUT2D eigenvalue weighted by Gasteiger charge is 2.27. The number of nitriles is 1. The van der Waals surface area contributed by atoms with Gasteiger partial charge < -0.3 is 4.90 Å². The molecule has 0 spiro atoms. The molecule has 1 aliphatic heterocycles. The minimum absolute atomic E-state index is 0.259. The van der Waals surface area contributed by atoms with E-state index < -0.39 is 0 Å². The maximum absolute atomic E-state index is 8.85. The average Bonchev–Trinajstić information content (AvgIpc) is 2.69. The van der Waals surface area contributed by atoms with Gasteiger partial charge in [-0.15, -0.1) is 4.99 Å². The van der Waals surface area contributed by atoms with Crippen LogP contribution < -0.4 is 0 Å². The summed E-state index contributed by atoms with van der Waals surface area (Å²) < 4.78 is 0. The van der Waals surface area contributed by atoms with Gasteiger partial charge in [0.05, 0.1) is 6.04 Å². The highest BCUT2D eigenvalue weighted by molar-refractivity contribution is 8.13. The molecule has 0 saturated carbocycles. The fourth-order valence-corrected chi connectivity index (χ4v) is 3.92. The van der Waals surface area contributed by atoms with Crippen molar-refractivity contribution in [1.29, 1.82) is 5.26 Å². The summed E-state index contributed by atoms with van der Waals surface area (Å²) in [6, 6.07) is 21.6. The number of benzene rings is 2. The van der Waals surface area contributed by atoms with E-state index in [9.17, 15) is 0 Å². The van der Waals surface area contributed by atoms with Crippen molar-refractivity contribution < 1.29 is 0 Å². The Labute approximate surface area is 153 Å². The molecule has 1 aliphatic rings. The molecule has 4 nitrogen and oxygen atoms in total. The van der Waals surface area contributed by atoms with Crippen molar-refractivity contribution in [1.82, 2.24) is 9.80 Å². The van der Waals surface area contributed by atoms with Crippen LogP contribution >= 0.6 is 11.8 Å². The van der Waals surface area contributed by atoms with E-state index in [1.807, 2.05) is 12.4 Å². The largest absolute Gasteiger partial charge is 0.348 e. The van der Waals surface area contributed by atoms with Gasteiger partial charge in [-0.3, -0.25) is 4.90 Å². The second-order valence-corrected chi connectivity index (χ2v) is 6.72. The lowest BCUT2D eigenvalue weighted by atomic mass is 9.96. The van der Waals surface area contributed by atoms with Gasteiger partial charge in [-0.05, 0) is 17.4 Å². The Bertz CT molecular complexity index is 692. The lowest BCUT2D eigenvalue weighted by Crippen LogP contribution is -2.49. The summed E-state index contributed by atoms with van der Waals surface area (Å²) in [6.07, 6.45) is 3.89. The molecule has 2 aromatic carbocycles. The minimum Gasteiger partial charge on any atom is -0.348 e. The molecule has 0 aliphatic carbocycles. The zero-order chi connectivity index (χ0) is 17.5. The van der Waals surface area contributed by atoms with E-state index in [-0.39, 0.29) is 6.04 Å². The molecule has 2 aromatic rings. The summed E-state index contributed by atoms with van der Waals surface area (Å²) in [6.45, 7) is 3.66. The Balaban J connectivity index is 1.80. The summed E-state index contributed by atoms with van der Waals surface area (Å²) in [5.41, 5.74) is 2.64. The third-order valence-electron chi connectivity index (χ3n) is 4.51. The number of hydrogen-bond acceptors (Lipinski definition) is 4. The Morgan fingerprint density at radius 1 is 0.960 bits per heavy atom. The van der Waals surface area contributed by atoms with E-state index in [0.29, 0.717) is 0 Å².